The second-order valence-corrected chi connectivity index (χ2v) is 4.45. The van der Waals surface area contributed by atoms with Crippen LogP contribution in [0, 0.1) is 11.8 Å². The topological polar surface area (TPSA) is 41.1 Å². The molecule has 1 aromatic carbocycles. The number of carbonyl (C=O) groups is 1. The van der Waals surface area contributed by atoms with E-state index in [4.69, 9.17) is 0 Å². The van der Waals surface area contributed by atoms with Crippen LogP contribution in [-0.4, -0.2) is 25.0 Å². The van der Waals surface area contributed by atoms with Gasteiger partial charge in [-0.2, -0.15) is 0 Å². The average Bonchev–Trinajstić information content (AvgIpc) is 2.91. The van der Waals surface area contributed by atoms with Crippen LogP contribution in [0.25, 0.3) is 0 Å². The molecule has 0 saturated carbocycles. The highest BCUT2D eigenvalue weighted by Crippen LogP contribution is 2.07. The average molecular weight is 242 g/mol. The highest BCUT2D eigenvalue weighted by molar-refractivity contribution is 5.94. The predicted octanol–water partition coefficient (Wildman–Crippen LogP) is 1.30. The van der Waals surface area contributed by atoms with Crippen LogP contribution in [0.2, 0.25) is 0 Å². The number of nitrogens with one attached hydrogen (secondary N) is 2. The summed E-state index contributed by atoms with van der Waals surface area (Å²) < 4.78 is 0. The van der Waals surface area contributed by atoms with Crippen molar-refractivity contribution in [3.05, 3.63) is 35.9 Å². The molecule has 0 unspecified atom stereocenters. The monoisotopic (exact) mass is 242 g/mol. The molecule has 94 valence electrons. The molecule has 3 nitrogen and oxygen atoms in total. The second-order valence-electron chi connectivity index (χ2n) is 4.45. The molecule has 1 heterocycles. The van der Waals surface area contributed by atoms with E-state index >= 15 is 0 Å². The number of hydrogen-bond acceptors (Lipinski definition) is 2. The van der Waals surface area contributed by atoms with E-state index < -0.39 is 0 Å². The van der Waals surface area contributed by atoms with Gasteiger partial charge in [-0.3, -0.25) is 4.79 Å². The van der Waals surface area contributed by atoms with Crippen molar-refractivity contribution in [2.75, 3.05) is 13.1 Å². The molecule has 1 aliphatic rings. The molecule has 0 aliphatic carbocycles. The van der Waals surface area contributed by atoms with E-state index in [2.05, 4.69) is 22.5 Å². The van der Waals surface area contributed by atoms with Crippen molar-refractivity contribution in [2.45, 2.75) is 25.3 Å². The minimum absolute atomic E-state index is 0.197. The van der Waals surface area contributed by atoms with Gasteiger partial charge in [0.1, 0.15) is 0 Å². The predicted molar refractivity (Wildman–Crippen MR) is 72.0 cm³/mol. The Hall–Kier alpha value is -1.79. The summed E-state index contributed by atoms with van der Waals surface area (Å²) in [7, 11) is 0. The Labute approximate surface area is 108 Å². The van der Waals surface area contributed by atoms with Gasteiger partial charge in [0.05, 0.1) is 0 Å². The van der Waals surface area contributed by atoms with Crippen LogP contribution in [0.1, 0.15) is 24.8 Å². The Bertz CT molecular complexity index is 439. The van der Waals surface area contributed by atoms with Crippen LogP contribution in [-0.2, 0) is 4.79 Å². The van der Waals surface area contributed by atoms with Crippen LogP contribution < -0.4 is 10.6 Å². The normalized spacial score (nSPS) is 17.9. The quantitative estimate of drug-likeness (QED) is 0.784. The third-order valence-electron chi connectivity index (χ3n) is 3.03. The van der Waals surface area contributed by atoms with Gasteiger partial charge < -0.3 is 10.6 Å². The third-order valence-corrected chi connectivity index (χ3v) is 3.03. The molecule has 0 radical (unpaired) electrons. The zero-order valence-corrected chi connectivity index (χ0v) is 10.4. The summed E-state index contributed by atoms with van der Waals surface area (Å²) in [6.45, 7) is 1.80. The molecular weight excluding hydrogens is 224 g/mol. The summed E-state index contributed by atoms with van der Waals surface area (Å²) in [5, 5.41) is 6.23. The van der Waals surface area contributed by atoms with E-state index in [1.807, 2.05) is 30.3 Å². The minimum atomic E-state index is -0.197. The lowest BCUT2D eigenvalue weighted by atomic mass is 10.1. The Morgan fingerprint density at radius 2 is 2.22 bits per heavy atom. The molecule has 1 saturated heterocycles. The second kappa shape index (κ2) is 6.83. The molecule has 0 bridgehead atoms. The van der Waals surface area contributed by atoms with Crippen molar-refractivity contribution in [3.8, 4) is 11.8 Å². The van der Waals surface area contributed by atoms with Crippen LogP contribution in [0.5, 0.6) is 0 Å². The van der Waals surface area contributed by atoms with Gasteiger partial charge in [0, 0.05) is 24.1 Å². The molecule has 1 aromatic rings. The SMILES string of the molecule is O=C(C#Cc1ccccc1)NCC[C@@H]1CCCN1. The summed E-state index contributed by atoms with van der Waals surface area (Å²) >= 11 is 0. The maximum absolute atomic E-state index is 11.5. The van der Waals surface area contributed by atoms with Gasteiger partial charge in [-0.05, 0) is 37.9 Å². The number of hydrogen-bond donors (Lipinski definition) is 2. The number of carbonyl (C=O) groups excluding carboxylic acids is 1. The van der Waals surface area contributed by atoms with Gasteiger partial charge in [-0.25, -0.2) is 0 Å². The minimum Gasteiger partial charge on any atom is -0.345 e. The first kappa shape index (κ1) is 12.7. The zero-order chi connectivity index (χ0) is 12.6. The summed E-state index contributed by atoms with van der Waals surface area (Å²) in [5.74, 6) is 5.25. The van der Waals surface area contributed by atoms with E-state index in [9.17, 15) is 4.79 Å². The van der Waals surface area contributed by atoms with Crippen molar-refractivity contribution in [3.63, 3.8) is 0 Å². The molecule has 3 heteroatoms. The van der Waals surface area contributed by atoms with Crippen LogP contribution in [0.3, 0.4) is 0 Å². The van der Waals surface area contributed by atoms with Crippen molar-refractivity contribution in [1.82, 2.24) is 10.6 Å². The Balaban J connectivity index is 1.70. The van der Waals surface area contributed by atoms with Gasteiger partial charge in [-0.15, -0.1) is 0 Å². The van der Waals surface area contributed by atoms with Crippen molar-refractivity contribution in [2.24, 2.45) is 0 Å². The number of benzene rings is 1. The molecule has 0 aromatic heterocycles. The molecule has 2 rings (SSSR count). The lowest BCUT2D eigenvalue weighted by molar-refractivity contribution is -0.115. The first-order valence-corrected chi connectivity index (χ1v) is 6.43. The first-order chi connectivity index (χ1) is 8.84. The Morgan fingerprint density at radius 3 is 2.94 bits per heavy atom. The standard InChI is InChI=1S/C15H18N2O/c18-15(9-8-13-5-2-1-3-6-13)17-12-10-14-7-4-11-16-14/h1-3,5-6,14,16H,4,7,10-12H2,(H,17,18)/t14-/m0/s1. The Morgan fingerprint density at radius 1 is 1.39 bits per heavy atom. The molecule has 18 heavy (non-hydrogen) atoms. The van der Waals surface area contributed by atoms with Gasteiger partial charge in [-0.1, -0.05) is 24.1 Å². The van der Waals surface area contributed by atoms with Crippen molar-refractivity contribution >= 4 is 5.91 Å². The molecule has 1 fully saturated rings. The lowest BCUT2D eigenvalue weighted by Gasteiger charge is -2.08. The Kier molecular flexibility index (Phi) is 4.80. The molecular formula is C15H18N2O. The molecule has 0 spiro atoms. The number of rotatable bonds is 3. The maximum atomic E-state index is 11.5. The largest absolute Gasteiger partial charge is 0.345 e. The third kappa shape index (κ3) is 4.23. The van der Waals surface area contributed by atoms with Gasteiger partial charge in [0.25, 0.3) is 5.91 Å². The fourth-order valence-electron chi connectivity index (χ4n) is 2.06. The molecule has 1 aliphatic heterocycles. The molecule has 1 atom stereocenters. The van der Waals surface area contributed by atoms with E-state index in [-0.39, 0.29) is 5.91 Å². The molecule has 2 N–H and O–H groups in total. The zero-order valence-electron chi connectivity index (χ0n) is 10.4. The van der Waals surface area contributed by atoms with Gasteiger partial charge in [0.15, 0.2) is 0 Å². The lowest BCUT2D eigenvalue weighted by Crippen LogP contribution is -2.29. The van der Waals surface area contributed by atoms with Crippen molar-refractivity contribution < 1.29 is 4.79 Å². The summed E-state index contributed by atoms with van der Waals surface area (Å²) in [4.78, 5) is 11.5. The summed E-state index contributed by atoms with van der Waals surface area (Å²) in [6, 6.07) is 10.1. The van der Waals surface area contributed by atoms with E-state index in [0.717, 1.165) is 18.5 Å². The highest BCUT2D eigenvalue weighted by Gasteiger charge is 2.13. The summed E-state index contributed by atoms with van der Waals surface area (Å²) in [5.41, 5.74) is 0.866. The maximum Gasteiger partial charge on any atom is 0.296 e. The first-order valence-electron chi connectivity index (χ1n) is 6.43. The van der Waals surface area contributed by atoms with Crippen LogP contribution in [0.4, 0.5) is 0 Å². The van der Waals surface area contributed by atoms with Crippen molar-refractivity contribution in [1.29, 1.82) is 0 Å². The van der Waals surface area contributed by atoms with Crippen LogP contribution >= 0.6 is 0 Å². The fraction of sp³-hybridized carbons (Fsp3) is 0.400. The van der Waals surface area contributed by atoms with Gasteiger partial charge in [0.2, 0.25) is 0 Å². The van der Waals surface area contributed by atoms with Crippen LogP contribution in [0.15, 0.2) is 30.3 Å². The molecule has 1 amide bonds. The van der Waals surface area contributed by atoms with E-state index in [0.29, 0.717) is 12.6 Å². The smallest absolute Gasteiger partial charge is 0.296 e. The highest BCUT2D eigenvalue weighted by atomic mass is 16.1. The number of amides is 1. The van der Waals surface area contributed by atoms with E-state index in [1.165, 1.54) is 12.8 Å². The van der Waals surface area contributed by atoms with E-state index in [1.54, 1.807) is 0 Å². The summed E-state index contributed by atoms with van der Waals surface area (Å²) in [6.07, 6.45) is 3.44. The van der Waals surface area contributed by atoms with Gasteiger partial charge >= 0.3 is 0 Å². The fourth-order valence-corrected chi connectivity index (χ4v) is 2.06.